The molecule has 5 nitrogen and oxygen atoms in total. The molecule has 1 fully saturated rings. The molecule has 176 valence electrons. The largest absolute Gasteiger partial charge is 0.361 e. The maximum atomic E-state index is 15.8. The number of Topliss-reactive ketones (excluding diaryl/α,β-unsaturated/α-hetero) is 1. The van der Waals surface area contributed by atoms with Crippen LogP contribution in [0.15, 0.2) is 47.2 Å². The van der Waals surface area contributed by atoms with Crippen molar-refractivity contribution in [3.05, 3.63) is 59.7 Å². The fraction of sp³-hybridized carbons (Fsp3) is 0.393. The van der Waals surface area contributed by atoms with Crippen LogP contribution in [-0.4, -0.2) is 26.2 Å². The first-order valence-corrected chi connectivity index (χ1v) is 12.1. The molecule has 1 saturated carbocycles. The molecule has 6 heteroatoms. The van der Waals surface area contributed by atoms with E-state index in [0.717, 1.165) is 64.0 Å². The van der Waals surface area contributed by atoms with E-state index in [1.807, 2.05) is 62.0 Å². The number of alkyl halides is 1. The molecule has 3 aromatic heterocycles. The Labute approximate surface area is 199 Å². The minimum Gasteiger partial charge on any atom is -0.361 e. The smallest absolute Gasteiger partial charge is 0.162 e. The number of aromatic nitrogens is 3. The molecule has 0 unspecified atom stereocenters. The van der Waals surface area contributed by atoms with Crippen LogP contribution in [-0.2, 0) is 6.54 Å². The lowest BCUT2D eigenvalue weighted by Crippen LogP contribution is -2.31. The Morgan fingerprint density at radius 2 is 1.85 bits per heavy atom. The zero-order chi connectivity index (χ0) is 23.9. The highest BCUT2D eigenvalue weighted by Crippen LogP contribution is 2.38. The molecule has 1 aromatic carbocycles. The van der Waals surface area contributed by atoms with Crippen molar-refractivity contribution in [2.75, 3.05) is 0 Å². The van der Waals surface area contributed by atoms with Gasteiger partial charge in [0, 0.05) is 41.1 Å². The van der Waals surface area contributed by atoms with Gasteiger partial charge in [0.1, 0.15) is 11.4 Å². The molecule has 1 aliphatic carbocycles. The zero-order valence-corrected chi connectivity index (χ0v) is 20.0. The second kappa shape index (κ2) is 8.82. The van der Waals surface area contributed by atoms with Gasteiger partial charge in [-0.25, -0.2) is 4.39 Å². The Balaban J connectivity index is 1.63. The van der Waals surface area contributed by atoms with Crippen molar-refractivity contribution in [2.45, 2.75) is 71.5 Å². The Morgan fingerprint density at radius 3 is 2.50 bits per heavy atom. The van der Waals surface area contributed by atoms with Crippen LogP contribution in [0.5, 0.6) is 0 Å². The van der Waals surface area contributed by atoms with Crippen LogP contribution < -0.4 is 0 Å². The van der Waals surface area contributed by atoms with Gasteiger partial charge in [-0.15, -0.1) is 0 Å². The summed E-state index contributed by atoms with van der Waals surface area (Å²) < 4.78 is 23.2. The third-order valence-corrected chi connectivity index (χ3v) is 7.08. The molecule has 3 heterocycles. The van der Waals surface area contributed by atoms with Crippen molar-refractivity contribution in [1.82, 2.24) is 14.7 Å². The van der Waals surface area contributed by atoms with E-state index in [1.54, 1.807) is 0 Å². The van der Waals surface area contributed by atoms with Crippen LogP contribution in [0.3, 0.4) is 0 Å². The number of benzene rings is 1. The third kappa shape index (κ3) is 4.06. The van der Waals surface area contributed by atoms with E-state index < -0.39 is 5.67 Å². The molecule has 0 spiro atoms. The number of carbonyl (C=O) groups excluding carboxylic acids is 1. The molecule has 34 heavy (non-hydrogen) atoms. The lowest BCUT2D eigenvalue weighted by atomic mass is 9.86. The van der Waals surface area contributed by atoms with Crippen molar-refractivity contribution < 1.29 is 13.7 Å². The normalized spacial score (nSPS) is 15.6. The van der Waals surface area contributed by atoms with Crippen LogP contribution in [0, 0.1) is 13.8 Å². The summed E-state index contributed by atoms with van der Waals surface area (Å²) in [6.45, 7) is 5.98. The molecule has 0 saturated heterocycles. The molecule has 5 rings (SSSR count). The van der Waals surface area contributed by atoms with Crippen molar-refractivity contribution in [3.63, 3.8) is 0 Å². The highest BCUT2D eigenvalue weighted by atomic mass is 19.1. The molecule has 0 radical (unpaired) electrons. The molecule has 0 N–H and O–H groups in total. The van der Waals surface area contributed by atoms with Crippen LogP contribution in [0.2, 0.25) is 0 Å². The van der Waals surface area contributed by atoms with Gasteiger partial charge in [-0.2, -0.15) is 0 Å². The highest BCUT2D eigenvalue weighted by molar-refractivity contribution is 5.98. The first kappa shape index (κ1) is 22.5. The second-order valence-corrected chi connectivity index (χ2v) is 9.53. The Kier molecular flexibility index (Phi) is 5.84. The summed E-state index contributed by atoms with van der Waals surface area (Å²) in [5.74, 6) is 0.857. The van der Waals surface area contributed by atoms with Crippen molar-refractivity contribution >= 4 is 16.8 Å². The van der Waals surface area contributed by atoms with Crippen LogP contribution >= 0.6 is 0 Å². The minimum absolute atomic E-state index is 0.118. The quantitative estimate of drug-likeness (QED) is 0.285. The number of aryl methyl sites for hydroxylation is 2. The van der Waals surface area contributed by atoms with Crippen LogP contribution in [0.25, 0.3) is 33.3 Å². The maximum Gasteiger partial charge on any atom is 0.162 e. The zero-order valence-electron chi connectivity index (χ0n) is 20.0. The molecule has 0 bridgehead atoms. The predicted molar refractivity (Wildman–Crippen MR) is 132 cm³/mol. The van der Waals surface area contributed by atoms with E-state index in [9.17, 15) is 4.79 Å². The number of fused-ring (bicyclic) bond motifs is 1. The van der Waals surface area contributed by atoms with E-state index in [1.165, 1.54) is 0 Å². The fourth-order valence-electron chi connectivity index (χ4n) is 5.23. The summed E-state index contributed by atoms with van der Waals surface area (Å²) in [4.78, 5) is 16.9. The Morgan fingerprint density at radius 1 is 1.12 bits per heavy atom. The summed E-state index contributed by atoms with van der Waals surface area (Å²) in [5, 5.41) is 4.08. The van der Waals surface area contributed by atoms with E-state index >= 15 is 4.39 Å². The monoisotopic (exact) mass is 459 g/mol. The van der Waals surface area contributed by atoms with Gasteiger partial charge in [0.05, 0.1) is 23.3 Å². The molecule has 4 aromatic rings. The summed E-state index contributed by atoms with van der Waals surface area (Å²) in [5.41, 5.74) is 5.76. The van der Waals surface area contributed by atoms with Crippen molar-refractivity contribution in [3.8, 4) is 22.3 Å². The standard InChI is InChI=1S/C28H30FN3O2/c1-4-25(33)21-10-8-20(9-11-21)23-16-32(17-28(29)12-6-5-7-13-28)24-14-22(15-30-27(23)24)26-18(2)31-34-19(26)3/h8-11,14-16H,4-7,12-13,17H2,1-3H3. The first-order valence-electron chi connectivity index (χ1n) is 12.1. The third-order valence-electron chi connectivity index (χ3n) is 7.08. The minimum atomic E-state index is -1.21. The SMILES string of the molecule is CCC(=O)c1ccc(-c2cn(CC3(F)CCCCC3)c3cc(-c4c(C)noc4C)cnc23)cc1. The number of pyridine rings is 1. The summed E-state index contributed by atoms with van der Waals surface area (Å²) >= 11 is 0. The van der Waals surface area contributed by atoms with E-state index in [2.05, 4.69) is 11.2 Å². The molecule has 0 amide bonds. The van der Waals surface area contributed by atoms with Gasteiger partial charge < -0.3 is 9.09 Å². The fourth-order valence-corrected chi connectivity index (χ4v) is 5.23. The summed E-state index contributed by atoms with van der Waals surface area (Å²) in [7, 11) is 0. The van der Waals surface area contributed by atoms with Crippen molar-refractivity contribution in [1.29, 1.82) is 0 Å². The lowest BCUT2D eigenvalue weighted by Gasteiger charge is -2.30. The molecule has 1 aliphatic rings. The topological polar surface area (TPSA) is 60.9 Å². The highest BCUT2D eigenvalue weighted by Gasteiger charge is 2.33. The number of nitrogens with zero attached hydrogens (tertiary/aromatic N) is 3. The Bertz CT molecular complexity index is 1320. The number of hydrogen-bond donors (Lipinski definition) is 0. The predicted octanol–water partition coefficient (Wildman–Crippen LogP) is 7.24. The number of ketones is 1. The van der Waals surface area contributed by atoms with Crippen molar-refractivity contribution in [2.24, 2.45) is 0 Å². The molecule has 0 atom stereocenters. The summed E-state index contributed by atoms with van der Waals surface area (Å²) in [6, 6.07) is 9.70. The first-order chi connectivity index (χ1) is 16.4. The second-order valence-electron chi connectivity index (χ2n) is 9.53. The Hall–Kier alpha value is -3.28. The van der Waals surface area contributed by atoms with E-state index in [-0.39, 0.29) is 5.78 Å². The number of hydrogen-bond acceptors (Lipinski definition) is 4. The molecular weight excluding hydrogens is 429 g/mol. The average molecular weight is 460 g/mol. The van der Waals surface area contributed by atoms with Crippen LogP contribution in [0.4, 0.5) is 4.39 Å². The van der Waals surface area contributed by atoms with Gasteiger partial charge in [0.25, 0.3) is 0 Å². The maximum absolute atomic E-state index is 15.8. The van der Waals surface area contributed by atoms with Gasteiger partial charge in [-0.1, -0.05) is 55.6 Å². The van der Waals surface area contributed by atoms with Gasteiger partial charge >= 0.3 is 0 Å². The van der Waals surface area contributed by atoms with E-state index in [4.69, 9.17) is 9.51 Å². The molecule has 0 aliphatic heterocycles. The number of rotatable bonds is 6. The lowest BCUT2D eigenvalue weighted by molar-refractivity contribution is 0.0873. The van der Waals surface area contributed by atoms with Gasteiger partial charge in [-0.3, -0.25) is 9.78 Å². The average Bonchev–Trinajstić information content (AvgIpc) is 3.37. The van der Waals surface area contributed by atoms with Crippen LogP contribution in [0.1, 0.15) is 67.3 Å². The summed E-state index contributed by atoms with van der Waals surface area (Å²) in [6.07, 6.45) is 8.47. The van der Waals surface area contributed by atoms with Gasteiger partial charge in [-0.05, 0) is 38.3 Å². The molecular formula is C28H30FN3O2. The number of halogens is 1. The number of carbonyl (C=O) groups is 1. The van der Waals surface area contributed by atoms with E-state index in [0.29, 0.717) is 31.4 Å². The van der Waals surface area contributed by atoms with Gasteiger partial charge in [0.2, 0.25) is 0 Å². The van der Waals surface area contributed by atoms with Gasteiger partial charge in [0.15, 0.2) is 5.78 Å².